The minimum Gasteiger partial charge on any atom is -0.353 e. The Kier molecular flexibility index (Phi) is 10.7. The van der Waals surface area contributed by atoms with Crippen LogP contribution in [0.5, 0.6) is 0 Å². The highest BCUT2D eigenvalue weighted by atomic mass is 19.4. The van der Waals surface area contributed by atoms with Crippen molar-refractivity contribution in [2.24, 2.45) is 0 Å². The van der Waals surface area contributed by atoms with Crippen LogP contribution in [0.1, 0.15) is 41.6 Å². The minimum absolute atomic E-state index is 0.154. The highest BCUT2D eigenvalue weighted by molar-refractivity contribution is 5.96. The third kappa shape index (κ3) is 8.86. The summed E-state index contributed by atoms with van der Waals surface area (Å²) in [6, 6.07) is 13.0. The normalized spacial score (nSPS) is 14.1. The number of benzene rings is 3. The lowest BCUT2D eigenvalue weighted by atomic mass is 10.0. The zero-order valence-electron chi connectivity index (χ0n) is 24.3. The van der Waals surface area contributed by atoms with Crippen LogP contribution in [0.25, 0.3) is 11.1 Å². The summed E-state index contributed by atoms with van der Waals surface area (Å²) in [7, 11) is 0. The number of rotatable bonds is 13. The maximum Gasteiger partial charge on any atom is 0.411 e. The van der Waals surface area contributed by atoms with Gasteiger partial charge < -0.3 is 21.3 Å². The quantitative estimate of drug-likeness (QED) is 0.163. The van der Waals surface area contributed by atoms with Crippen molar-refractivity contribution in [3.63, 3.8) is 0 Å². The average Bonchev–Trinajstić information content (AvgIpc) is 3.80. The van der Waals surface area contributed by atoms with E-state index in [-0.39, 0.29) is 55.5 Å². The van der Waals surface area contributed by atoms with Gasteiger partial charge in [-0.05, 0) is 60.7 Å². The van der Waals surface area contributed by atoms with Crippen molar-refractivity contribution < 1.29 is 45.5 Å². The molecular weight excluding hydrogens is 618 g/mol. The average molecular weight is 649 g/mol. The molecule has 1 atom stereocenters. The van der Waals surface area contributed by atoms with Gasteiger partial charge in [-0.25, -0.2) is 13.2 Å². The van der Waals surface area contributed by atoms with E-state index in [4.69, 9.17) is 0 Å². The number of alkyl halides is 3. The minimum atomic E-state index is -4.69. The Morgan fingerprint density at radius 3 is 2.13 bits per heavy atom. The van der Waals surface area contributed by atoms with Crippen LogP contribution >= 0.6 is 0 Å². The fourth-order valence-electron chi connectivity index (χ4n) is 4.63. The van der Waals surface area contributed by atoms with Crippen molar-refractivity contribution in [3.8, 4) is 11.1 Å². The molecule has 1 fully saturated rings. The monoisotopic (exact) mass is 648 g/mol. The first kappa shape index (κ1) is 34.0. The molecule has 3 aromatic rings. The Morgan fingerprint density at radius 2 is 1.48 bits per heavy atom. The third-order valence-electron chi connectivity index (χ3n) is 7.37. The molecule has 0 unspecified atom stereocenters. The topological polar surface area (TPSA) is 116 Å². The van der Waals surface area contributed by atoms with E-state index < -0.39 is 65.3 Å². The van der Waals surface area contributed by atoms with Gasteiger partial charge in [0, 0.05) is 25.1 Å². The van der Waals surface area contributed by atoms with E-state index in [2.05, 4.69) is 16.0 Å². The molecule has 0 aliphatic heterocycles. The lowest BCUT2D eigenvalue weighted by molar-refractivity contribution is -0.170. The second-order valence-corrected chi connectivity index (χ2v) is 10.8. The zero-order chi connectivity index (χ0) is 33.5. The van der Waals surface area contributed by atoms with Crippen molar-refractivity contribution in [1.82, 2.24) is 21.3 Å². The van der Waals surface area contributed by atoms with Gasteiger partial charge in [-0.3, -0.25) is 19.2 Å². The summed E-state index contributed by atoms with van der Waals surface area (Å²) < 4.78 is 81.7. The number of halogens is 6. The largest absolute Gasteiger partial charge is 0.411 e. The van der Waals surface area contributed by atoms with E-state index in [0.29, 0.717) is 5.56 Å². The van der Waals surface area contributed by atoms with Gasteiger partial charge >= 0.3 is 6.18 Å². The summed E-state index contributed by atoms with van der Waals surface area (Å²) in [5, 5.41) is 9.05. The lowest BCUT2D eigenvalue weighted by Gasteiger charge is -2.23. The molecule has 0 saturated heterocycles. The van der Waals surface area contributed by atoms with Crippen LogP contribution in [-0.2, 0) is 20.8 Å². The maximum absolute atomic E-state index is 14.4. The molecule has 0 radical (unpaired) electrons. The molecule has 1 aliphatic rings. The van der Waals surface area contributed by atoms with E-state index >= 15 is 0 Å². The highest BCUT2D eigenvalue weighted by Crippen LogP contribution is 2.48. The van der Waals surface area contributed by atoms with Crippen LogP contribution in [-0.4, -0.2) is 54.5 Å². The molecule has 1 saturated carbocycles. The Balaban J connectivity index is 1.34. The second kappa shape index (κ2) is 14.5. The van der Waals surface area contributed by atoms with Gasteiger partial charge in [-0.2, -0.15) is 13.2 Å². The molecule has 4 N–H and O–H groups in total. The van der Waals surface area contributed by atoms with E-state index in [1.165, 1.54) is 54.6 Å². The van der Waals surface area contributed by atoms with Crippen LogP contribution in [0.3, 0.4) is 0 Å². The predicted octanol–water partition coefficient (Wildman–Crippen LogP) is 4.34. The molecule has 244 valence electrons. The van der Waals surface area contributed by atoms with E-state index in [1.807, 2.05) is 5.32 Å². The Hall–Kier alpha value is -4.88. The molecule has 0 aromatic heterocycles. The van der Waals surface area contributed by atoms with Gasteiger partial charge in [-0.15, -0.1) is 0 Å². The highest BCUT2D eigenvalue weighted by Gasteiger charge is 2.64. The summed E-state index contributed by atoms with van der Waals surface area (Å²) in [4.78, 5) is 50.7. The predicted molar refractivity (Wildman–Crippen MR) is 155 cm³/mol. The maximum atomic E-state index is 14.4. The van der Waals surface area contributed by atoms with Gasteiger partial charge in [0.25, 0.3) is 5.91 Å². The van der Waals surface area contributed by atoms with Crippen LogP contribution < -0.4 is 21.3 Å². The van der Waals surface area contributed by atoms with Crippen LogP contribution in [0, 0.1) is 17.5 Å². The standard InChI is InChI=1S/C32H30F6N4O4/c33-21-9-5-19(6-10-21)7-12-27(43)41-26(18-28(44)42-31(13-14-31)32(36,37)38)30(46)40-16-15-39-29(45)23-17-20(8-11-25(23)35)22-3-1-2-4-24(22)34/h1-6,8-11,17,26H,7,12-16,18H2,(H,39,45)(H,40,46)(H,41,43)(H,42,44)/t26-/m0/s1. The van der Waals surface area contributed by atoms with Gasteiger partial charge in [0.2, 0.25) is 17.7 Å². The summed E-state index contributed by atoms with van der Waals surface area (Å²) in [6.45, 7) is -0.488. The number of amides is 4. The Bertz CT molecular complexity index is 1590. The van der Waals surface area contributed by atoms with Gasteiger partial charge in [0.15, 0.2) is 0 Å². The van der Waals surface area contributed by atoms with Crippen LogP contribution in [0.2, 0.25) is 0 Å². The van der Waals surface area contributed by atoms with Crippen molar-refractivity contribution in [3.05, 3.63) is 95.3 Å². The van der Waals surface area contributed by atoms with Crippen molar-refractivity contribution in [2.75, 3.05) is 13.1 Å². The molecule has 4 rings (SSSR count). The summed E-state index contributed by atoms with van der Waals surface area (Å²) >= 11 is 0. The molecule has 0 bridgehead atoms. The number of carbonyl (C=O) groups excluding carboxylic acids is 4. The molecule has 14 heteroatoms. The second-order valence-electron chi connectivity index (χ2n) is 10.8. The first-order valence-corrected chi connectivity index (χ1v) is 14.3. The van der Waals surface area contributed by atoms with E-state index in [0.717, 1.165) is 6.07 Å². The fourth-order valence-corrected chi connectivity index (χ4v) is 4.63. The molecule has 4 amide bonds. The van der Waals surface area contributed by atoms with Gasteiger partial charge in [0.05, 0.1) is 12.0 Å². The third-order valence-corrected chi connectivity index (χ3v) is 7.37. The van der Waals surface area contributed by atoms with Crippen molar-refractivity contribution >= 4 is 23.6 Å². The van der Waals surface area contributed by atoms with Gasteiger partial charge in [-0.1, -0.05) is 36.4 Å². The number of aryl methyl sites for hydroxylation is 1. The number of nitrogens with one attached hydrogen (secondary N) is 4. The smallest absolute Gasteiger partial charge is 0.353 e. The Labute approximate surface area is 259 Å². The number of hydrogen-bond acceptors (Lipinski definition) is 4. The molecular formula is C32H30F6N4O4. The van der Waals surface area contributed by atoms with Gasteiger partial charge in [0.1, 0.15) is 29.0 Å². The zero-order valence-corrected chi connectivity index (χ0v) is 24.3. The SMILES string of the molecule is O=C(CCc1ccc(F)cc1)N[C@@H](CC(=O)NC1(C(F)(F)F)CC1)C(=O)NCCNC(=O)c1cc(-c2ccccc2F)ccc1F. The van der Waals surface area contributed by atoms with Crippen molar-refractivity contribution in [1.29, 1.82) is 0 Å². The molecule has 0 spiro atoms. The van der Waals surface area contributed by atoms with E-state index in [1.54, 1.807) is 6.07 Å². The van der Waals surface area contributed by atoms with Crippen molar-refractivity contribution in [2.45, 2.75) is 49.9 Å². The lowest BCUT2D eigenvalue weighted by Crippen LogP contribution is -2.53. The molecule has 1 aliphatic carbocycles. The van der Waals surface area contributed by atoms with Crippen LogP contribution in [0.4, 0.5) is 26.3 Å². The molecule has 46 heavy (non-hydrogen) atoms. The number of carbonyl (C=O) groups is 4. The fraction of sp³-hybridized carbons (Fsp3) is 0.312. The molecule has 3 aromatic carbocycles. The summed E-state index contributed by atoms with van der Waals surface area (Å²) in [6.07, 6.45) is -6.13. The molecule has 0 heterocycles. The van der Waals surface area contributed by atoms with Crippen LogP contribution in [0.15, 0.2) is 66.7 Å². The van der Waals surface area contributed by atoms with E-state index in [9.17, 15) is 45.5 Å². The first-order chi connectivity index (χ1) is 21.8. The molecule has 8 nitrogen and oxygen atoms in total. The summed E-state index contributed by atoms with van der Waals surface area (Å²) in [5.74, 6) is -5.48. The Morgan fingerprint density at radius 1 is 0.804 bits per heavy atom. The number of hydrogen-bond donors (Lipinski definition) is 4. The summed E-state index contributed by atoms with van der Waals surface area (Å²) in [5.41, 5.74) is -1.73. The first-order valence-electron chi connectivity index (χ1n) is 14.3.